The molecule has 0 aliphatic rings. The molecule has 0 aliphatic carbocycles. The highest BCUT2D eigenvalue weighted by atomic mass is 35.5. The smallest absolute Gasteiger partial charge is 0.151 e. The van der Waals surface area contributed by atoms with E-state index in [0.717, 1.165) is 17.4 Å². The topological polar surface area (TPSA) is 30.0 Å². The monoisotopic (exact) mass is 251 g/mol. The number of hydrogen-bond acceptors (Lipinski definition) is 2. The number of benzene rings is 1. The zero-order valence-corrected chi connectivity index (χ0v) is 9.66. The first kappa shape index (κ1) is 11.1. The van der Waals surface area contributed by atoms with Gasteiger partial charge in [-0.2, -0.15) is 0 Å². The van der Waals surface area contributed by atoms with Gasteiger partial charge >= 0.3 is 0 Å². The first-order valence-electron chi connectivity index (χ1n) is 4.57. The first-order valence-corrected chi connectivity index (χ1v) is 5.32. The molecule has 0 N–H and O–H groups in total. The molecule has 0 amide bonds. The van der Waals surface area contributed by atoms with E-state index in [0.29, 0.717) is 15.6 Å². The van der Waals surface area contributed by atoms with Gasteiger partial charge in [0.25, 0.3) is 0 Å². The highest BCUT2D eigenvalue weighted by molar-refractivity contribution is 6.43. The molecule has 0 saturated carbocycles. The van der Waals surface area contributed by atoms with Gasteiger partial charge in [0, 0.05) is 29.1 Å². The summed E-state index contributed by atoms with van der Waals surface area (Å²) in [4.78, 5) is 14.6. The Hall–Kier alpha value is -1.38. The van der Waals surface area contributed by atoms with Crippen molar-refractivity contribution < 1.29 is 4.79 Å². The van der Waals surface area contributed by atoms with Crippen LogP contribution in [0.4, 0.5) is 0 Å². The maximum absolute atomic E-state index is 10.6. The third kappa shape index (κ3) is 2.08. The van der Waals surface area contributed by atoms with Crippen molar-refractivity contribution in [3.63, 3.8) is 0 Å². The average Bonchev–Trinajstić information content (AvgIpc) is 2.33. The van der Waals surface area contributed by atoms with Gasteiger partial charge < -0.3 is 0 Å². The lowest BCUT2D eigenvalue weighted by molar-refractivity contribution is 0.112. The zero-order valence-electron chi connectivity index (χ0n) is 8.15. The molecule has 1 aromatic heterocycles. The summed E-state index contributed by atoms with van der Waals surface area (Å²) in [5.41, 5.74) is 2.05. The number of hydrogen-bond donors (Lipinski definition) is 0. The van der Waals surface area contributed by atoms with Gasteiger partial charge in [-0.05, 0) is 12.1 Å². The van der Waals surface area contributed by atoms with Crippen molar-refractivity contribution in [2.24, 2.45) is 0 Å². The van der Waals surface area contributed by atoms with Gasteiger partial charge in [0.15, 0.2) is 6.29 Å². The molecule has 80 valence electrons. The Morgan fingerprint density at radius 1 is 1.19 bits per heavy atom. The summed E-state index contributed by atoms with van der Waals surface area (Å²) < 4.78 is 0. The Morgan fingerprint density at radius 3 is 2.75 bits per heavy atom. The summed E-state index contributed by atoms with van der Waals surface area (Å²) in [6.45, 7) is 0. The van der Waals surface area contributed by atoms with Crippen molar-refractivity contribution in [1.29, 1.82) is 0 Å². The molecule has 2 rings (SSSR count). The fraction of sp³-hybridized carbons (Fsp3) is 0. The van der Waals surface area contributed by atoms with Crippen LogP contribution in [-0.2, 0) is 0 Å². The minimum Gasteiger partial charge on any atom is -0.298 e. The molecule has 1 aromatic carbocycles. The van der Waals surface area contributed by atoms with Crippen LogP contribution in [-0.4, -0.2) is 11.3 Å². The molecule has 0 bridgehead atoms. The molecule has 1 heterocycles. The third-order valence-electron chi connectivity index (χ3n) is 2.16. The van der Waals surface area contributed by atoms with Gasteiger partial charge in [0.05, 0.1) is 10.0 Å². The van der Waals surface area contributed by atoms with Gasteiger partial charge in [-0.15, -0.1) is 0 Å². The molecule has 16 heavy (non-hydrogen) atoms. The highest BCUT2D eigenvalue weighted by Crippen LogP contribution is 2.33. The number of carbonyl (C=O) groups is 1. The molecular weight excluding hydrogens is 245 g/mol. The standard InChI is InChI=1S/C12H7Cl2NO/c13-11-3-1-2-10(12(11)14)9-4-8(7-16)5-15-6-9/h1-7H. The molecule has 0 atom stereocenters. The normalized spacial score (nSPS) is 10.1. The number of halogens is 2. The number of rotatable bonds is 2. The zero-order chi connectivity index (χ0) is 11.5. The van der Waals surface area contributed by atoms with Crippen molar-refractivity contribution in [2.45, 2.75) is 0 Å². The fourth-order valence-electron chi connectivity index (χ4n) is 1.40. The summed E-state index contributed by atoms with van der Waals surface area (Å²) >= 11 is 12.0. The minimum absolute atomic E-state index is 0.467. The number of carbonyl (C=O) groups excluding carboxylic acids is 1. The van der Waals surface area contributed by atoms with E-state index in [1.54, 1.807) is 24.4 Å². The van der Waals surface area contributed by atoms with E-state index in [4.69, 9.17) is 23.2 Å². The first-order chi connectivity index (χ1) is 7.72. The van der Waals surface area contributed by atoms with Crippen LogP contribution in [0.15, 0.2) is 36.7 Å². The Kier molecular flexibility index (Phi) is 3.22. The predicted molar refractivity (Wildman–Crippen MR) is 65.1 cm³/mol. The van der Waals surface area contributed by atoms with Crippen molar-refractivity contribution in [3.8, 4) is 11.1 Å². The van der Waals surface area contributed by atoms with Crippen LogP contribution >= 0.6 is 23.2 Å². The summed E-state index contributed by atoms with van der Waals surface area (Å²) in [6, 6.07) is 7.07. The third-order valence-corrected chi connectivity index (χ3v) is 2.98. The summed E-state index contributed by atoms with van der Waals surface area (Å²) in [7, 11) is 0. The predicted octanol–water partition coefficient (Wildman–Crippen LogP) is 3.87. The lowest BCUT2D eigenvalue weighted by atomic mass is 10.1. The van der Waals surface area contributed by atoms with Crippen LogP contribution in [0.25, 0.3) is 11.1 Å². The van der Waals surface area contributed by atoms with Crippen molar-refractivity contribution in [1.82, 2.24) is 4.98 Å². The van der Waals surface area contributed by atoms with E-state index in [2.05, 4.69) is 4.98 Å². The van der Waals surface area contributed by atoms with Gasteiger partial charge in [0.2, 0.25) is 0 Å². The molecule has 0 aliphatic heterocycles. The number of aldehydes is 1. The Balaban J connectivity index is 2.58. The van der Waals surface area contributed by atoms with Crippen LogP contribution in [0.5, 0.6) is 0 Å². The Labute approximate surface area is 103 Å². The van der Waals surface area contributed by atoms with Gasteiger partial charge in [0.1, 0.15) is 0 Å². The molecule has 0 radical (unpaired) electrons. The molecule has 0 unspecified atom stereocenters. The van der Waals surface area contributed by atoms with Crippen LogP contribution in [0, 0.1) is 0 Å². The van der Waals surface area contributed by atoms with Gasteiger partial charge in [-0.25, -0.2) is 0 Å². The quantitative estimate of drug-likeness (QED) is 0.759. The van der Waals surface area contributed by atoms with Crippen LogP contribution < -0.4 is 0 Å². The molecular formula is C12H7Cl2NO. The minimum atomic E-state index is 0.467. The molecule has 0 spiro atoms. The Morgan fingerprint density at radius 2 is 2.00 bits per heavy atom. The van der Waals surface area contributed by atoms with Crippen molar-refractivity contribution >= 4 is 29.5 Å². The van der Waals surface area contributed by atoms with E-state index >= 15 is 0 Å². The Bertz CT molecular complexity index is 540. The van der Waals surface area contributed by atoms with Crippen LogP contribution in [0.2, 0.25) is 10.0 Å². The lowest BCUT2D eigenvalue weighted by Crippen LogP contribution is -1.86. The molecule has 0 fully saturated rings. The highest BCUT2D eigenvalue weighted by Gasteiger charge is 2.07. The summed E-state index contributed by atoms with van der Waals surface area (Å²) in [5.74, 6) is 0. The van der Waals surface area contributed by atoms with Crippen LogP contribution in [0.1, 0.15) is 10.4 Å². The maximum atomic E-state index is 10.6. The van der Waals surface area contributed by atoms with Gasteiger partial charge in [-0.1, -0.05) is 35.3 Å². The largest absolute Gasteiger partial charge is 0.298 e. The molecule has 2 aromatic rings. The second kappa shape index (κ2) is 4.64. The van der Waals surface area contributed by atoms with E-state index in [1.165, 1.54) is 6.20 Å². The number of pyridine rings is 1. The lowest BCUT2D eigenvalue weighted by Gasteiger charge is -2.05. The van der Waals surface area contributed by atoms with Crippen molar-refractivity contribution in [3.05, 3.63) is 52.3 Å². The van der Waals surface area contributed by atoms with Crippen LogP contribution in [0.3, 0.4) is 0 Å². The summed E-state index contributed by atoms with van der Waals surface area (Å²) in [5, 5.41) is 0.949. The summed E-state index contributed by atoms with van der Waals surface area (Å²) in [6.07, 6.45) is 3.88. The maximum Gasteiger partial charge on any atom is 0.151 e. The number of aromatic nitrogens is 1. The van der Waals surface area contributed by atoms with E-state index in [1.807, 2.05) is 6.07 Å². The molecule has 0 saturated heterocycles. The second-order valence-corrected chi connectivity index (χ2v) is 4.01. The average molecular weight is 252 g/mol. The fourth-order valence-corrected chi connectivity index (χ4v) is 1.81. The van der Waals surface area contributed by atoms with Crippen molar-refractivity contribution in [2.75, 3.05) is 0 Å². The molecule has 2 nitrogen and oxygen atoms in total. The van der Waals surface area contributed by atoms with E-state index in [9.17, 15) is 4.79 Å². The van der Waals surface area contributed by atoms with E-state index < -0.39 is 0 Å². The second-order valence-electron chi connectivity index (χ2n) is 3.23. The molecule has 4 heteroatoms. The van der Waals surface area contributed by atoms with E-state index in [-0.39, 0.29) is 0 Å². The van der Waals surface area contributed by atoms with Gasteiger partial charge in [-0.3, -0.25) is 9.78 Å². The SMILES string of the molecule is O=Cc1cncc(-c2cccc(Cl)c2Cl)c1. The number of nitrogens with zero attached hydrogens (tertiary/aromatic N) is 1.